The van der Waals surface area contributed by atoms with Gasteiger partial charge in [0.2, 0.25) is 5.91 Å². The molecule has 1 atom stereocenters. The molecule has 2 aromatic rings. The van der Waals surface area contributed by atoms with Gasteiger partial charge in [0.1, 0.15) is 17.6 Å². The molecule has 0 saturated carbocycles. The quantitative estimate of drug-likeness (QED) is 0.766. The molecular formula is C20H23NO3S. The minimum Gasteiger partial charge on any atom is -0.494 e. The van der Waals surface area contributed by atoms with Crippen LogP contribution in [0, 0.1) is 0 Å². The van der Waals surface area contributed by atoms with Crippen molar-refractivity contribution in [2.75, 3.05) is 12.4 Å². The molecule has 0 radical (unpaired) electrons. The van der Waals surface area contributed by atoms with Crippen molar-refractivity contribution < 1.29 is 14.3 Å². The molecule has 2 aromatic carbocycles. The molecule has 0 spiro atoms. The fourth-order valence-corrected chi connectivity index (χ4v) is 3.57. The Morgan fingerprint density at radius 2 is 2.12 bits per heavy atom. The van der Waals surface area contributed by atoms with Crippen LogP contribution in [0.1, 0.15) is 25.0 Å². The molecule has 1 heterocycles. The van der Waals surface area contributed by atoms with Gasteiger partial charge >= 0.3 is 0 Å². The number of rotatable bonds is 7. The highest BCUT2D eigenvalue weighted by Crippen LogP contribution is 2.35. The number of fused-ring (bicyclic) bond motifs is 1. The summed E-state index contributed by atoms with van der Waals surface area (Å²) < 4.78 is 11.6. The summed E-state index contributed by atoms with van der Waals surface area (Å²) in [6.07, 6.45) is 1.09. The second kappa shape index (κ2) is 8.30. The van der Waals surface area contributed by atoms with Gasteiger partial charge in [-0.15, -0.1) is 11.8 Å². The highest BCUT2D eigenvalue weighted by atomic mass is 32.2. The number of hydrogen-bond donors (Lipinski definition) is 1. The second-order valence-electron chi connectivity index (χ2n) is 6.01. The molecule has 4 nitrogen and oxygen atoms in total. The lowest BCUT2D eigenvalue weighted by Crippen LogP contribution is -2.24. The highest BCUT2D eigenvalue weighted by molar-refractivity contribution is 8.00. The van der Waals surface area contributed by atoms with Crippen LogP contribution in [0.25, 0.3) is 0 Å². The van der Waals surface area contributed by atoms with Gasteiger partial charge < -0.3 is 14.8 Å². The molecule has 1 amide bonds. The smallest absolute Gasteiger partial charge is 0.230 e. The third kappa shape index (κ3) is 4.69. The average molecular weight is 357 g/mol. The minimum atomic E-state index is 0.00564. The van der Waals surface area contributed by atoms with Crippen LogP contribution >= 0.6 is 11.8 Å². The highest BCUT2D eigenvalue weighted by Gasteiger charge is 2.22. The van der Waals surface area contributed by atoms with E-state index in [-0.39, 0.29) is 12.0 Å². The predicted molar refractivity (Wildman–Crippen MR) is 100 cm³/mol. The Balaban J connectivity index is 1.60. The molecule has 0 saturated heterocycles. The van der Waals surface area contributed by atoms with Gasteiger partial charge in [0.05, 0.1) is 12.4 Å². The Morgan fingerprint density at radius 1 is 1.32 bits per heavy atom. The Labute approximate surface area is 152 Å². The summed E-state index contributed by atoms with van der Waals surface area (Å²) in [4.78, 5) is 13.2. The number of carbonyl (C=O) groups is 1. The minimum absolute atomic E-state index is 0.00564. The molecule has 0 fully saturated rings. The van der Waals surface area contributed by atoms with Crippen LogP contribution in [0.2, 0.25) is 0 Å². The predicted octanol–water partition coefficient (Wildman–Crippen LogP) is 3.82. The maximum Gasteiger partial charge on any atom is 0.230 e. The first kappa shape index (κ1) is 17.7. The molecule has 5 heteroatoms. The summed E-state index contributed by atoms with van der Waals surface area (Å²) in [5.41, 5.74) is 2.12. The molecule has 1 aliphatic rings. The summed E-state index contributed by atoms with van der Waals surface area (Å²) in [6.45, 7) is 5.06. The van der Waals surface area contributed by atoms with Crippen molar-refractivity contribution in [2.45, 2.75) is 37.8 Å². The normalized spacial score (nSPS) is 15.4. The van der Waals surface area contributed by atoms with E-state index < -0.39 is 0 Å². The molecule has 0 bridgehead atoms. The van der Waals surface area contributed by atoms with Crippen LogP contribution in [0.5, 0.6) is 11.5 Å². The second-order valence-corrected chi connectivity index (χ2v) is 7.06. The fourth-order valence-electron chi connectivity index (χ4n) is 2.82. The van der Waals surface area contributed by atoms with E-state index in [0.29, 0.717) is 18.9 Å². The number of nitrogens with one attached hydrogen (secondary N) is 1. The van der Waals surface area contributed by atoms with Crippen molar-refractivity contribution in [1.82, 2.24) is 5.32 Å². The van der Waals surface area contributed by atoms with Crippen molar-refractivity contribution in [3.05, 3.63) is 53.6 Å². The van der Waals surface area contributed by atoms with Crippen LogP contribution in [-0.4, -0.2) is 24.4 Å². The topological polar surface area (TPSA) is 47.6 Å². The Bertz CT molecular complexity index is 733. The van der Waals surface area contributed by atoms with Crippen LogP contribution < -0.4 is 14.8 Å². The third-order valence-corrected chi connectivity index (χ3v) is 4.98. The molecular weight excluding hydrogens is 334 g/mol. The van der Waals surface area contributed by atoms with Gasteiger partial charge in [0.25, 0.3) is 0 Å². The molecule has 0 aliphatic carbocycles. The number of carbonyl (C=O) groups excluding carboxylic acids is 1. The van der Waals surface area contributed by atoms with Gasteiger partial charge in [-0.1, -0.05) is 18.2 Å². The molecule has 1 N–H and O–H groups in total. The van der Waals surface area contributed by atoms with Crippen molar-refractivity contribution in [3.8, 4) is 11.5 Å². The van der Waals surface area contributed by atoms with Crippen molar-refractivity contribution >= 4 is 17.7 Å². The first-order valence-corrected chi connectivity index (χ1v) is 9.54. The zero-order valence-corrected chi connectivity index (χ0v) is 15.4. The zero-order valence-electron chi connectivity index (χ0n) is 14.6. The van der Waals surface area contributed by atoms with Crippen LogP contribution in [0.15, 0.2) is 47.4 Å². The van der Waals surface area contributed by atoms with E-state index in [2.05, 4.69) is 12.2 Å². The van der Waals surface area contributed by atoms with Crippen molar-refractivity contribution in [3.63, 3.8) is 0 Å². The number of amides is 1. The summed E-state index contributed by atoms with van der Waals surface area (Å²) in [5, 5.41) is 2.98. The largest absolute Gasteiger partial charge is 0.494 e. The third-order valence-electron chi connectivity index (χ3n) is 3.97. The van der Waals surface area contributed by atoms with E-state index in [1.165, 1.54) is 17.3 Å². The maximum absolute atomic E-state index is 12.1. The lowest BCUT2D eigenvalue weighted by molar-refractivity contribution is -0.118. The number of benzene rings is 2. The zero-order chi connectivity index (χ0) is 17.6. The van der Waals surface area contributed by atoms with E-state index >= 15 is 0 Å². The van der Waals surface area contributed by atoms with E-state index in [1.807, 2.05) is 49.4 Å². The van der Waals surface area contributed by atoms with Gasteiger partial charge in [0.15, 0.2) is 0 Å². The maximum atomic E-state index is 12.1. The fraction of sp³-hybridized carbons (Fsp3) is 0.350. The Morgan fingerprint density at radius 3 is 2.88 bits per heavy atom. The summed E-state index contributed by atoms with van der Waals surface area (Å²) in [7, 11) is 0. The first-order chi connectivity index (χ1) is 12.2. The molecule has 25 heavy (non-hydrogen) atoms. The average Bonchev–Trinajstić information content (AvgIpc) is 2.98. The van der Waals surface area contributed by atoms with Gasteiger partial charge in [-0.2, -0.15) is 0 Å². The summed E-state index contributed by atoms with van der Waals surface area (Å²) >= 11 is 1.53. The summed E-state index contributed by atoms with van der Waals surface area (Å²) in [6, 6.07) is 14.0. The molecule has 0 aromatic heterocycles. The molecule has 0 unspecified atom stereocenters. The van der Waals surface area contributed by atoms with Crippen LogP contribution in [-0.2, 0) is 17.8 Å². The number of thioether (sulfide) groups is 1. The lowest BCUT2D eigenvalue weighted by Gasteiger charge is -2.13. The van der Waals surface area contributed by atoms with E-state index in [0.717, 1.165) is 28.4 Å². The number of hydrogen-bond acceptors (Lipinski definition) is 4. The van der Waals surface area contributed by atoms with Crippen LogP contribution in [0.3, 0.4) is 0 Å². The van der Waals surface area contributed by atoms with E-state index in [9.17, 15) is 4.79 Å². The molecule has 132 valence electrons. The summed E-state index contributed by atoms with van der Waals surface area (Å²) in [5.74, 6) is 2.13. The first-order valence-electron chi connectivity index (χ1n) is 8.55. The van der Waals surface area contributed by atoms with Gasteiger partial charge in [-0.05, 0) is 38.1 Å². The van der Waals surface area contributed by atoms with Gasteiger partial charge in [0, 0.05) is 29.0 Å². The number of ether oxygens (including phenoxy) is 2. The SMILES string of the molecule is CCOc1cc2c(cc1CNC(=O)CSc1ccccc1)O[C@H](C)C2. The molecule has 1 aliphatic heterocycles. The van der Waals surface area contributed by atoms with E-state index in [4.69, 9.17) is 9.47 Å². The van der Waals surface area contributed by atoms with E-state index in [1.54, 1.807) is 0 Å². The van der Waals surface area contributed by atoms with Gasteiger partial charge in [-0.3, -0.25) is 4.79 Å². The van der Waals surface area contributed by atoms with Crippen molar-refractivity contribution in [1.29, 1.82) is 0 Å². The Kier molecular flexibility index (Phi) is 5.87. The van der Waals surface area contributed by atoms with Gasteiger partial charge in [-0.25, -0.2) is 0 Å². The van der Waals surface area contributed by atoms with Crippen LogP contribution in [0.4, 0.5) is 0 Å². The standard InChI is InChI=1S/C20H23NO3S/c1-3-23-18-10-15-9-14(2)24-19(15)11-16(18)12-21-20(22)13-25-17-7-5-4-6-8-17/h4-8,10-11,14H,3,9,12-13H2,1-2H3,(H,21,22)/t14-/m1/s1. The molecule has 3 rings (SSSR count). The lowest BCUT2D eigenvalue weighted by atomic mass is 10.1. The monoisotopic (exact) mass is 357 g/mol. The Hall–Kier alpha value is -2.14. The van der Waals surface area contributed by atoms with Crippen molar-refractivity contribution in [2.24, 2.45) is 0 Å².